The lowest BCUT2D eigenvalue weighted by atomic mass is 10.1. The lowest BCUT2D eigenvalue weighted by Crippen LogP contribution is -2.15. The Kier molecular flexibility index (Phi) is 5.17. The Morgan fingerprint density at radius 3 is 2.48 bits per heavy atom. The molecule has 0 fully saturated rings. The maximum atomic E-state index is 13.4. The first-order valence-corrected chi connectivity index (χ1v) is 8.59. The topological polar surface area (TPSA) is 63.0 Å². The number of pyridine rings is 1. The van der Waals surface area contributed by atoms with E-state index in [2.05, 4.69) is 4.98 Å². The predicted octanol–water partition coefficient (Wildman–Crippen LogP) is 5.57. The van der Waals surface area contributed by atoms with Crippen molar-refractivity contribution in [3.8, 4) is 22.5 Å². The minimum atomic E-state index is -4.82. The van der Waals surface area contributed by atoms with Gasteiger partial charge < -0.3 is 4.74 Å². The van der Waals surface area contributed by atoms with Gasteiger partial charge in [-0.15, -0.1) is 11.3 Å². The van der Waals surface area contributed by atoms with Gasteiger partial charge in [0.1, 0.15) is 11.6 Å². The van der Waals surface area contributed by atoms with Gasteiger partial charge in [0.2, 0.25) is 5.88 Å². The minimum absolute atomic E-state index is 0.0461. The normalized spacial score (nSPS) is 11.1. The van der Waals surface area contributed by atoms with Crippen molar-refractivity contribution in [2.75, 3.05) is 0 Å². The Labute approximate surface area is 160 Å². The third kappa shape index (κ3) is 4.10. The van der Waals surface area contributed by atoms with Gasteiger partial charge in [-0.05, 0) is 41.8 Å². The number of carbonyl (C=O) groups is 1. The number of alkyl halides is 3. The summed E-state index contributed by atoms with van der Waals surface area (Å²) in [6, 6.07) is 11.0. The third-order valence-corrected chi connectivity index (χ3v) is 4.59. The number of nitrogens with zero attached hydrogens (tertiary/aromatic N) is 2. The molecule has 0 unspecified atom stereocenters. The number of benzene rings is 1. The third-order valence-electron chi connectivity index (χ3n) is 3.45. The van der Waals surface area contributed by atoms with E-state index in [1.165, 1.54) is 41.7 Å². The standard InChI is InChI=1S/C18H8ClF3N2O2S/c19-11-5-3-10(4-6-11)17(25)26-16-12(9-23)13(18(20,21)22)8-14(24-16)15-2-1-7-27-15/h1-8H. The molecule has 0 amide bonds. The molecule has 9 heteroatoms. The van der Waals surface area contributed by atoms with Gasteiger partial charge in [0, 0.05) is 5.02 Å². The number of hydrogen-bond acceptors (Lipinski definition) is 5. The first kappa shape index (κ1) is 18.9. The van der Waals surface area contributed by atoms with E-state index < -0.39 is 29.2 Å². The second-order valence-electron chi connectivity index (χ2n) is 5.22. The molecule has 0 N–H and O–H groups in total. The highest BCUT2D eigenvalue weighted by Gasteiger charge is 2.37. The van der Waals surface area contributed by atoms with Crippen LogP contribution in [0.3, 0.4) is 0 Å². The predicted molar refractivity (Wildman–Crippen MR) is 93.7 cm³/mol. The van der Waals surface area contributed by atoms with E-state index in [0.29, 0.717) is 9.90 Å². The van der Waals surface area contributed by atoms with E-state index in [-0.39, 0.29) is 11.3 Å². The zero-order chi connectivity index (χ0) is 19.6. The molecular weight excluding hydrogens is 401 g/mol. The van der Waals surface area contributed by atoms with Crippen molar-refractivity contribution in [2.24, 2.45) is 0 Å². The Bertz CT molecular complexity index is 1030. The van der Waals surface area contributed by atoms with Gasteiger partial charge in [0.05, 0.1) is 21.7 Å². The number of thiophene rings is 1. The second-order valence-corrected chi connectivity index (χ2v) is 6.60. The minimum Gasteiger partial charge on any atom is -0.402 e. The Hall–Kier alpha value is -2.89. The van der Waals surface area contributed by atoms with Crippen LogP contribution in [-0.2, 0) is 6.18 Å². The molecule has 0 aliphatic rings. The number of nitriles is 1. The molecule has 136 valence electrons. The van der Waals surface area contributed by atoms with Crippen LogP contribution in [0.15, 0.2) is 47.8 Å². The number of aromatic nitrogens is 1. The fourth-order valence-corrected chi connectivity index (χ4v) is 3.02. The first-order valence-electron chi connectivity index (χ1n) is 7.33. The number of halogens is 4. The number of rotatable bonds is 3. The van der Waals surface area contributed by atoms with Gasteiger partial charge in [-0.1, -0.05) is 17.7 Å². The molecule has 0 radical (unpaired) electrons. The highest BCUT2D eigenvalue weighted by atomic mass is 35.5. The van der Waals surface area contributed by atoms with E-state index in [1.807, 2.05) is 0 Å². The van der Waals surface area contributed by atoms with E-state index in [4.69, 9.17) is 16.3 Å². The molecule has 3 rings (SSSR count). The van der Waals surface area contributed by atoms with Crippen molar-refractivity contribution >= 4 is 28.9 Å². The molecule has 0 spiro atoms. The summed E-state index contributed by atoms with van der Waals surface area (Å²) >= 11 is 6.91. The molecule has 0 aliphatic carbocycles. The van der Waals surface area contributed by atoms with Gasteiger partial charge in [-0.25, -0.2) is 9.78 Å². The van der Waals surface area contributed by atoms with Crippen LogP contribution in [0.25, 0.3) is 10.6 Å². The average molecular weight is 409 g/mol. The lowest BCUT2D eigenvalue weighted by molar-refractivity contribution is -0.137. The van der Waals surface area contributed by atoms with Gasteiger partial charge in [0.15, 0.2) is 0 Å². The molecule has 0 aliphatic heterocycles. The molecule has 2 aromatic heterocycles. The Morgan fingerprint density at radius 1 is 1.22 bits per heavy atom. The van der Waals surface area contributed by atoms with Gasteiger partial charge in [-0.2, -0.15) is 18.4 Å². The fraction of sp³-hybridized carbons (Fsp3) is 0.0556. The number of ether oxygens (including phenoxy) is 1. The smallest absolute Gasteiger partial charge is 0.402 e. The largest absolute Gasteiger partial charge is 0.417 e. The molecule has 1 aromatic carbocycles. The van der Waals surface area contributed by atoms with Crippen molar-refractivity contribution in [1.29, 1.82) is 5.26 Å². The van der Waals surface area contributed by atoms with E-state index in [1.54, 1.807) is 17.5 Å². The monoisotopic (exact) mass is 408 g/mol. The highest BCUT2D eigenvalue weighted by Crippen LogP contribution is 2.38. The fourth-order valence-electron chi connectivity index (χ4n) is 2.21. The van der Waals surface area contributed by atoms with Gasteiger partial charge >= 0.3 is 12.1 Å². The zero-order valence-electron chi connectivity index (χ0n) is 13.2. The van der Waals surface area contributed by atoms with E-state index in [0.717, 1.165) is 6.07 Å². The number of hydrogen-bond donors (Lipinski definition) is 0. The maximum absolute atomic E-state index is 13.4. The summed E-state index contributed by atoms with van der Waals surface area (Å²) in [6.45, 7) is 0. The summed E-state index contributed by atoms with van der Waals surface area (Å²) in [6.07, 6.45) is -4.82. The van der Waals surface area contributed by atoms with Crippen LogP contribution in [0.5, 0.6) is 5.88 Å². The van der Waals surface area contributed by atoms with Crippen molar-refractivity contribution < 1.29 is 22.7 Å². The quantitative estimate of drug-likeness (QED) is 0.531. The molecule has 0 bridgehead atoms. The summed E-state index contributed by atoms with van der Waals surface area (Å²) in [5.41, 5.74) is -2.07. The van der Waals surface area contributed by atoms with Crippen LogP contribution in [0.4, 0.5) is 13.2 Å². The molecule has 0 saturated heterocycles. The Morgan fingerprint density at radius 2 is 1.93 bits per heavy atom. The molecule has 4 nitrogen and oxygen atoms in total. The maximum Gasteiger partial charge on any atom is 0.417 e. The molecule has 3 aromatic rings. The molecule has 0 saturated carbocycles. The van der Waals surface area contributed by atoms with Crippen molar-refractivity contribution in [2.45, 2.75) is 6.18 Å². The number of carbonyl (C=O) groups excluding carboxylic acids is 1. The zero-order valence-corrected chi connectivity index (χ0v) is 14.8. The van der Waals surface area contributed by atoms with Crippen molar-refractivity contribution in [3.63, 3.8) is 0 Å². The van der Waals surface area contributed by atoms with Crippen LogP contribution in [0.1, 0.15) is 21.5 Å². The van der Waals surface area contributed by atoms with Crippen LogP contribution < -0.4 is 4.74 Å². The van der Waals surface area contributed by atoms with Gasteiger partial charge in [-0.3, -0.25) is 0 Å². The summed E-state index contributed by atoms with van der Waals surface area (Å²) in [4.78, 5) is 16.7. The molecule has 2 heterocycles. The van der Waals surface area contributed by atoms with Crippen LogP contribution in [-0.4, -0.2) is 11.0 Å². The summed E-state index contributed by atoms with van der Waals surface area (Å²) in [5, 5.41) is 11.3. The molecule has 0 atom stereocenters. The van der Waals surface area contributed by atoms with Gasteiger partial charge in [0.25, 0.3) is 0 Å². The first-order chi connectivity index (χ1) is 12.8. The van der Waals surface area contributed by atoms with Crippen LogP contribution >= 0.6 is 22.9 Å². The molecule has 27 heavy (non-hydrogen) atoms. The second kappa shape index (κ2) is 7.39. The lowest BCUT2D eigenvalue weighted by Gasteiger charge is -2.13. The molecular formula is C18H8ClF3N2O2S. The van der Waals surface area contributed by atoms with Crippen LogP contribution in [0, 0.1) is 11.3 Å². The van der Waals surface area contributed by atoms with E-state index >= 15 is 0 Å². The van der Waals surface area contributed by atoms with Crippen LogP contribution in [0.2, 0.25) is 5.02 Å². The summed E-state index contributed by atoms with van der Waals surface area (Å²) < 4.78 is 45.3. The average Bonchev–Trinajstić information content (AvgIpc) is 3.15. The highest BCUT2D eigenvalue weighted by molar-refractivity contribution is 7.13. The Balaban J connectivity index is 2.10. The van der Waals surface area contributed by atoms with Crippen molar-refractivity contribution in [1.82, 2.24) is 4.98 Å². The summed E-state index contributed by atoms with van der Waals surface area (Å²) in [5.74, 6) is -1.65. The summed E-state index contributed by atoms with van der Waals surface area (Å²) in [7, 11) is 0. The van der Waals surface area contributed by atoms with E-state index in [9.17, 15) is 23.2 Å². The SMILES string of the molecule is N#Cc1c(C(F)(F)F)cc(-c2cccs2)nc1OC(=O)c1ccc(Cl)cc1. The van der Waals surface area contributed by atoms with Crippen molar-refractivity contribution in [3.05, 3.63) is 69.6 Å². The number of esters is 1.